The molecule has 0 amide bonds. The standard InChI is InChI=1S/C10H17N5O/c11-14-9-6-10(13-7-12-9)15(4-5-16)8-2-1-3-8/h6-8,16H,1-5,11H2,(H,12,13,14). The monoisotopic (exact) mass is 223 g/mol. The molecule has 6 heteroatoms. The minimum absolute atomic E-state index is 0.131. The van der Waals surface area contributed by atoms with E-state index >= 15 is 0 Å². The third kappa shape index (κ3) is 2.23. The fourth-order valence-electron chi connectivity index (χ4n) is 1.87. The zero-order valence-electron chi connectivity index (χ0n) is 9.13. The molecule has 0 aromatic carbocycles. The fourth-order valence-corrected chi connectivity index (χ4v) is 1.87. The molecule has 1 fully saturated rings. The summed E-state index contributed by atoms with van der Waals surface area (Å²) in [4.78, 5) is 10.3. The van der Waals surface area contributed by atoms with Gasteiger partial charge in [-0.25, -0.2) is 15.8 Å². The van der Waals surface area contributed by atoms with Crippen molar-refractivity contribution in [3.05, 3.63) is 12.4 Å². The lowest BCUT2D eigenvalue weighted by molar-refractivity contribution is 0.283. The van der Waals surface area contributed by atoms with E-state index in [2.05, 4.69) is 20.3 Å². The lowest BCUT2D eigenvalue weighted by Crippen LogP contribution is -2.42. The van der Waals surface area contributed by atoms with Crippen molar-refractivity contribution in [2.24, 2.45) is 5.84 Å². The molecule has 1 aliphatic carbocycles. The van der Waals surface area contributed by atoms with Crippen molar-refractivity contribution in [3.8, 4) is 0 Å². The van der Waals surface area contributed by atoms with Gasteiger partial charge in [0.2, 0.25) is 0 Å². The van der Waals surface area contributed by atoms with Gasteiger partial charge >= 0.3 is 0 Å². The van der Waals surface area contributed by atoms with Gasteiger partial charge in [-0.15, -0.1) is 0 Å². The summed E-state index contributed by atoms with van der Waals surface area (Å²) in [5.41, 5.74) is 2.50. The number of hydrogen-bond donors (Lipinski definition) is 3. The Hall–Kier alpha value is -1.40. The van der Waals surface area contributed by atoms with Gasteiger partial charge in [0.1, 0.15) is 18.0 Å². The number of nitrogen functional groups attached to an aromatic ring is 1. The summed E-state index contributed by atoms with van der Waals surface area (Å²) in [5.74, 6) is 6.72. The van der Waals surface area contributed by atoms with E-state index in [4.69, 9.17) is 10.9 Å². The summed E-state index contributed by atoms with van der Waals surface area (Å²) in [6.07, 6.45) is 5.05. The third-order valence-electron chi connectivity index (χ3n) is 2.95. The zero-order valence-corrected chi connectivity index (χ0v) is 9.13. The molecule has 0 aliphatic heterocycles. The van der Waals surface area contributed by atoms with Crippen molar-refractivity contribution in [1.82, 2.24) is 9.97 Å². The first-order valence-corrected chi connectivity index (χ1v) is 5.51. The Morgan fingerprint density at radius 3 is 2.88 bits per heavy atom. The molecule has 16 heavy (non-hydrogen) atoms. The van der Waals surface area contributed by atoms with E-state index in [1.54, 1.807) is 6.07 Å². The Bertz CT molecular complexity index is 342. The number of aromatic nitrogens is 2. The molecule has 1 aliphatic rings. The normalized spacial score (nSPS) is 15.6. The van der Waals surface area contributed by atoms with Gasteiger partial charge in [-0.3, -0.25) is 0 Å². The number of nitrogens with zero attached hydrogens (tertiary/aromatic N) is 3. The van der Waals surface area contributed by atoms with Crippen molar-refractivity contribution in [2.45, 2.75) is 25.3 Å². The Balaban J connectivity index is 2.16. The van der Waals surface area contributed by atoms with Crippen LogP contribution in [0.15, 0.2) is 12.4 Å². The van der Waals surface area contributed by atoms with Gasteiger partial charge in [-0.05, 0) is 19.3 Å². The van der Waals surface area contributed by atoms with Gasteiger partial charge in [0.05, 0.1) is 6.61 Å². The lowest BCUT2D eigenvalue weighted by atomic mass is 9.91. The van der Waals surface area contributed by atoms with Crippen LogP contribution in [0, 0.1) is 0 Å². The van der Waals surface area contributed by atoms with Crippen LogP contribution < -0.4 is 16.2 Å². The summed E-state index contributed by atoms with van der Waals surface area (Å²) in [6, 6.07) is 2.29. The Kier molecular flexibility index (Phi) is 3.53. The Morgan fingerprint density at radius 2 is 2.31 bits per heavy atom. The second-order valence-corrected chi connectivity index (χ2v) is 3.91. The van der Waals surface area contributed by atoms with E-state index in [9.17, 15) is 0 Å². The Morgan fingerprint density at radius 1 is 1.50 bits per heavy atom. The van der Waals surface area contributed by atoms with Gasteiger partial charge in [0.15, 0.2) is 0 Å². The molecule has 0 atom stereocenters. The van der Waals surface area contributed by atoms with E-state index in [1.807, 2.05) is 0 Å². The number of nitrogens with one attached hydrogen (secondary N) is 1. The first-order chi connectivity index (χ1) is 7.85. The number of aliphatic hydroxyl groups is 1. The van der Waals surface area contributed by atoms with Gasteiger partial charge in [0, 0.05) is 18.7 Å². The molecule has 0 bridgehead atoms. The summed E-state index contributed by atoms with van der Waals surface area (Å²) < 4.78 is 0. The number of aliphatic hydroxyl groups excluding tert-OH is 1. The Labute approximate surface area is 94.5 Å². The largest absolute Gasteiger partial charge is 0.395 e. The first-order valence-electron chi connectivity index (χ1n) is 5.51. The molecule has 6 nitrogen and oxygen atoms in total. The van der Waals surface area contributed by atoms with E-state index in [-0.39, 0.29) is 6.61 Å². The van der Waals surface area contributed by atoms with Crippen molar-refractivity contribution in [3.63, 3.8) is 0 Å². The molecule has 4 N–H and O–H groups in total. The van der Waals surface area contributed by atoms with E-state index < -0.39 is 0 Å². The molecule has 0 radical (unpaired) electrons. The van der Waals surface area contributed by atoms with Gasteiger partial charge < -0.3 is 15.4 Å². The highest BCUT2D eigenvalue weighted by molar-refractivity contribution is 5.48. The lowest BCUT2D eigenvalue weighted by Gasteiger charge is -2.38. The summed E-state index contributed by atoms with van der Waals surface area (Å²) in [5, 5.41) is 9.07. The maximum absolute atomic E-state index is 9.07. The van der Waals surface area contributed by atoms with Crippen LogP contribution in [0.1, 0.15) is 19.3 Å². The van der Waals surface area contributed by atoms with Gasteiger partial charge in [0.25, 0.3) is 0 Å². The number of rotatable bonds is 5. The van der Waals surface area contributed by atoms with Crippen LogP contribution in [0.25, 0.3) is 0 Å². The molecule has 0 unspecified atom stereocenters. The topological polar surface area (TPSA) is 87.3 Å². The van der Waals surface area contributed by atoms with Crippen LogP contribution in [0.4, 0.5) is 11.6 Å². The quantitative estimate of drug-likeness (QED) is 0.485. The highest BCUT2D eigenvalue weighted by Crippen LogP contribution is 2.28. The van der Waals surface area contributed by atoms with Crippen LogP contribution >= 0.6 is 0 Å². The third-order valence-corrected chi connectivity index (χ3v) is 2.95. The average molecular weight is 223 g/mol. The van der Waals surface area contributed by atoms with E-state index in [0.29, 0.717) is 18.4 Å². The molecule has 0 spiro atoms. The van der Waals surface area contributed by atoms with Crippen molar-refractivity contribution >= 4 is 11.6 Å². The molecule has 1 saturated carbocycles. The molecule has 88 valence electrons. The predicted molar refractivity (Wildman–Crippen MR) is 61.9 cm³/mol. The number of nitrogens with two attached hydrogens (primary N) is 1. The number of anilines is 2. The van der Waals surface area contributed by atoms with Crippen LogP contribution in [0.3, 0.4) is 0 Å². The van der Waals surface area contributed by atoms with Crippen LogP contribution in [-0.4, -0.2) is 34.3 Å². The first kappa shape index (κ1) is 11.1. The van der Waals surface area contributed by atoms with Crippen LogP contribution in [0.2, 0.25) is 0 Å². The molecular formula is C10H17N5O. The maximum atomic E-state index is 9.07. The van der Waals surface area contributed by atoms with Gasteiger partial charge in [-0.1, -0.05) is 0 Å². The average Bonchev–Trinajstić information content (AvgIpc) is 2.26. The van der Waals surface area contributed by atoms with Gasteiger partial charge in [-0.2, -0.15) is 0 Å². The highest BCUT2D eigenvalue weighted by atomic mass is 16.3. The summed E-state index contributed by atoms with van der Waals surface area (Å²) in [7, 11) is 0. The summed E-state index contributed by atoms with van der Waals surface area (Å²) in [6.45, 7) is 0.734. The molecular weight excluding hydrogens is 206 g/mol. The van der Waals surface area contributed by atoms with Crippen molar-refractivity contribution in [1.29, 1.82) is 0 Å². The minimum atomic E-state index is 0.131. The second-order valence-electron chi connectivity index (χ2n) is 3.91. The molecule has 1 aromatic heterocycles. The molecule has 2 rings (SSSR count). The smallest absolute Gasteiger partial charge is 0.145 e. The summed E-state index contributed by atoms with van der Waals surface area (Å²) >= 11 is 0. The predicted octanol–water partition coefficient (Wildman–Crippen LogP) is 0.113. The van der Waals surface area contributed by atoms with Crippen molar-refractivity contribution < 1.29 is 5.11 Å². The van der Waals surface area contributed by atoms with E-state index in [0.717, 1.165) is 18.7 Å². The number of hydrazine groups is 1. The minimum Gasteiger partial charge on any atom is -0.395 e. The van der Waals surface area contributed by atoms with Crippen LogP contribution in [0.5, 0.6) is 0 Å². The second kappa shape index (κ2) is 5.09. The molecule has 1 aromatic rings. The maximum Gasteiger partial charge on any atom is 0.145 e. The van der Waals surface area contributed by atoms with Crippen LogP contribution in [-0.2, 0) is 0 Å². The zero-order chi connectivity index (χ0) is 11.4. The SMILES string of the molecule is NNc1cc(N(CCO)C2CCC2)ncn1. The molecule has 0 saturated heterocycles. The molecule has 1 heterocycles. The number of hydrogen-bond acceptors (Lipinski definition) is 6. The van der Waals surface area contributed by atoms with E-state index in [1.165, 1.54) is 12.7 Å². The highest BCUT2D eigenvalue weighted by Gasteiger charge is 2.25. The fraction of sp³-hybridized carbons (Fsp3) is 0.600. The van der Waals surface area contributed by atoms with Crippen molar-refractivity contribution in [2.75, 3.05) is 23.5 Å².